The van der Waals surface area contributed by atoms with E-state index in [1.54, 1.807) is 11.8 Å². The summed E-state index contributed by atoms with van der Waals surface area (Å²) < 4.78 is 1.92. The van der Waals surface area contributed by atoms with E-state index in [9.17, 15) is 0 Å². The van der Waals surface area contributed by atoms with E-state index in [1.807, 2.05) is 4.68 Å². The summed E-state index contributed by atoms with van der Waals surface area (Å²) >= 11 is 1.55. The van der Waals surface area contributed by atoms with E-state index >= 15 is 0 Å². The van der Waals surface area contributed by atoms with Crippen LogP contribution in [0, 0.1) is 0 Å². The van der Waals surface area contributed by atoms with Crippen molar-refractivity contribution in [3.63, 3.8) is 0 Å². The van der Waals surface area contributed by atoms with Gasteiger partial charge in [-0.2, -0.15) is 0 Å². The molecule has 2 aromatic heterocycles. The molecule has 2 aromatic rings. The lowest BCUT2D eigenvalue weighted by atomic mass is 9.95. The van der Waals surface area contributed by atoms with Gasteiger partial charge in [0.05, 0.1) is 6.04 Å². The van der Waals surface area contributed by atoms with Gasteiger partial charge >= 0.3 is 0 Å². The molecular formula is C14H18N6S. The first-order valence-corrected chi connectivity index (χ1v) is 8.34. The van der Waals surface area contributed by atoms with Crippen LogP contribution >= 0.6 is 11.8 Å². The minimum Gasteiger partial charge on any atom is -0.326 e. The van der Waals surface area contributed by atoms with Crippen LogP contribution in [0.3, 0.4) is 0 Å². The lowest BCUT2D eigenvalue weighted by Gasteiger charge is -2.17. The van der Waals surface area contributed by atoms with Crippen molar-refractivity contribution in [2.45, 2.75) is 61.3 Å². The second-order valence-corrected chi connectivity index (χ2v) is 6.66. The molecule has 7 heteroatoms. The topological polar surface area (TPSA) is 82.5 Å². The Morgan fingerprint density at radius 2 is 2.14 bits per heavy atom. The number of hydrogen-bond acceptors (Lipinski definition) is 6. The number of rotatable bonds is 4. The molecule has 0 saturated heterocycles. The minimum absolute atomic E-state index is 0.474. The molecule has 0 spiro atoms. The predicted octanol–water partition coefficient (Wildman–Crippen LogP) is 1.89. The van der Waals surface area contributed by atoms with Gasteiger partial charge in [0.15, 0.2) is 0 Å². The van der Waals surface area contributed by atoms with Gasteiger partial charge in [0.1, 0.15) is 5.03 Å². The predicted molar refractivity (Wildman–Crippen MR) is 79.0 cm³/mol. The van der Waals surface area contributed by atoms with Crippen LogP contribution in [-0.2, 0) is 19.4 Å². The van der Waals surface area contributed by atoms with Crippen molar-refractivity contribution >= 4 is 11.8 Å². The van der Waals surface area contributed by atoms with Crippen molar-refractivity contribution < 1.29 is 0 Å². The highest BCUT2D eigenvalue weighted by Gasteiger charge is 2.28. The molecule has 21 heavy (non-hydrogen) atoms. The highest BCUT2D eigenvalue weighted by Crippen LogP contribution is 2.38. The quantitative estimate of drug-likeness (QED) is 0.928. The third-order valence-corrected chi connectivity index (χ3v) is 5.10. The highest BCUT2D eigenvalue weighted by molar-refractivity contribution is 7.99. The van der Waals surface area contributed by atoms with Crippen LogP contribution in [0.1, 0.15) is 48.5 Å². The normalized spacial score (nSPS) is 17.8. The van der Waals surface area contributed by atoms with Crippen molar-refractivity contribution in [2.75, 3.05) is 0 Å². The van der Waals surface area contributed by atoms with E-state index in [1.165, 1.54) is 36.9 Å². The molecule has 2 aliphatic rings. The van der Waals surface area contributed by atoms with Gasteiger partial charge in [-0.25, -0.2) is 9.67 Å². The Morgan fingerprint density at radius 3 is 2.95 bits per heavy atom. The van der Waals surface area contributed by atoms with E-state index in [-0.39, 0.29) is 0 Å². The largest absolute Gasteiger partial charge is 0.326 e. The molecule has 1 fully saturated rings. The Labute approximate surface area is 127 Å². The number of nitrogens with zero attached hydrogens (tertiary/aromatic N) is 5. The zero-order valence-corrected chi connectivity index (χ0v) is 12.6. The molecular weight excluding hydrogens is 284 g/mol. The summed E-state index contributed by atoms with van der Waals surface area (Å²) in [5, 5.41) is 13.8. The molecule has 110 valence electrons. The molecule has 0 aliphatic heterocycles. The van der Waals surface area contributed by atoms with Crippen LogP contribution in [0.4, 0.5) is 0 Å². The van der Waals surface area contributed by atoms with E-state index in [2.05, 4.69) is 21.6 Å². The molecule has 4 rings (SSSR count). The number of tetrazole rings is 1. The SMILES string of the molecule is NCc1cc2c(nc1Sc1nnnn1C1CC1)CCCC2. The maximum Gasteiger partial charge on any atom is 0.215 e. The van der Waals surface area contributed by atoms with Gasteiger partial charge in [-0.3, -0.25) is 0 Å². The average Bonchev–Trinajstić information content (AvgIpc) is 3.26. The summed E-state index contributed by atoms with van der Waals surface area (Å²) in [6.45, 7) is 0.508. The maximum absolute atomic E-state index is 5.91. The van der Waals surface area contributed by atoms with Crippen molar-refractivity contribution in [3.05, 3.63) is 22.9 Å². The fraction of sp³-hybridized carbons (Fsp3) is 0.571. The average molecular weight is 302 g/mol. The fourth-order valence-electron chi connectivity index (χ4n) is 2.78. The Balaban J connectivity index is 1.68. The Bertz CT molecular complexity index is 663. The van der Waals surface area contributed by atoms with Gasteiger partial charge in [0.25, 0.3) is 0 Å². The van der Waals surface area contributed by atoms with Gasteiger partial charge in [-0.15, -0.1) is 5.10 Å². The molecule has 0 bridgehead atoms. The second-order valence-electron chi connectivity index (χ2n) is 5.71. The zero-order valence-electron chi connectivity index (χ0n) is 11.8. The number of fused-ring (bicyclic) bond motifs is 1. The third-order valence-electron chi connectivity index (χ3n) is 4.10. The van der Waals surface area contributed by atoms with Crippen LogP contribution in [-0.4, -0.2) is 25.2 Å². The Morgan fingerprint density at radius 1 is 1.29 bits per heavy atom. The first kappa shape index (κ1) is 13.2. The summed E-state index contributed by atoms with van der Waals surface area (Å²) in [5.41, 5.74) is 9.61. The standard InChI is InChI=1S/C14H18N6S/c15-8-10-7-9-3-1-2-4-12(9)16-13(10)21-14-17-18-19-20(14)11-5-6-11/h7,11H,1-6,8,15H2. The minimum atomic E-state index is 0.474. The van der Waals surface area contributed by atoms with Gasteiger partial charge in [0, 0.05) is 12.2 Å². The molecule has 6 nitrogen and oxygen atoms in total. The van der Waals surface area contributed by atoms with Crippen LogP contribution in [0.5, 0.6) is 0 Å². The van der Waals surface area contributed by atoms with Crippen LogP contribution in [0.15, 0.2) is 16.2 Å². The van der Waals surface area contributed by atoms with Gasteiger partial charge < -0.3 is 5.73 Å². The summed E-state index contributed by atoms with van der Waals surface area (Å²) in [6.07, 6.45) is 7.01. The van der Waals surface area contributed by atoms with Crippen LogP contribution in [0.2, 0.25) is 0 Å². The highest BCUT2D eigenvalue weighted by atomic mass is 32.2. The van der Waals surface area contributed by atoms with Gasteiger partial charge in [-0.1, -0.05) is 6.07 Å². The summed E-state index contributed by atoms with van der Waals surface area (Å²) in [7, 11) is 0. The van der Waals surface area contributed by atoms with E-state index in [4.69, 9.17) is 10.7 Å². The number of aryl methyl sites for hydroxylation is 2. The van der Waals surface area contributed by atoms with Gasteiger partial charge in [-0.05, 0) is 71.8 Å². The lowest BCUT2D eigenvalue weighted by Crippen LogP contribution is -2.10. The number of hydrogen-bond donors (Lipinski definition) is 1. The molecule has 1 saturated carbocycles. The van der Waals surface area contributed by atoms with Gasteiger partial charge in [0.2, 0.25) is 5.16 Å². The first-order valence-electron chi connectivity index (χ1n) is 7.52. The van der Waals surface area contributed by atoms with Crippen LogP contribution in [0.25, 0.3) is 0 Å². The number of nitrogens with two attached hydrogens (primary N) is 1. The molecule has 0 atom stereocenters. The third kappa shape index (κ3) is 2.55. The molecule has 2 heterocycles. The van der Waals surface area contributed by atoms with Crippen molar-refractivity contribution in [1.82, 2.24) is 25.2 Å². The summed E-state index contributed by atoms with van der Waals surface area (Å²) in [4.78, 5) is 4.85. The Kier molecular flexibility index (Phi) is 3.39. The molecule has 0 aromatic carbocycles. The zero-order chi connectivity index (χ0) is 14.2. The first-order chi connectivity index (χ1) is 10.3. The number of pyridine rings is 1. The molecule has 0 amide bonds. The van der Waals surface area contributed by atoms with E-state index in [0.29, 0.717) is 12.6 Å². The second kappa shape index (κ2) is 5.38. The van der Waals surface area contributed by atoms with E-state index in [0.717, 1.165) is 28.6 Å². The van der Waals surface area contributed by atoms with E-state index < -0.39 is 0 Å². The fourth-order valence-corrected chi connectivity index (χ4v) is 3.74. The van der Waals surface area contributed by atoms with Crippen molar-refractivity contribution in [3.8, 4) is 0 Å². The van der Waals surface area contributed by atoms with Crippen molar-refractivity contribution in [2.24, 2.45) is 5.73 Å². The summed E-state index contributed by atoms with van der Waals surface area (Å²) in [5.74, 6) is 0. The molecule has 0 radical (unpaired) electrons. The van der Waals surface area contributed by atoms with Crippen molar-refractivity contribution in [1.29, 1.82) is 0 Å². The Hall–Kier alpha value is -1.47. The number of aromatic nitrogens is 5. The lowest BCUT2D eigenvalue weighted by molar-refractivity contribution is 0.565. The summed E-state index contributed by atoms with van der Waals surface area (Å²) in [6, 6.07) is 2.70. The molecule has 2 aliphatic carbocycles. The monoisotopic (exact) mass is 302 g/mol. The van der Waals surface area contributed by atoms with Crippen LogP contribution < -0.4 is 5.73 Å². The smallest absolute Gasteiger partial charge is 0.215 e. The molecule has 0 unspecified atom stereocenters. The maximum atomic E-state index is 5.91. The molecule has 2 N–H and O–H groups in total.